The van der Waals surface area contributed by atoms with Crippen LogP contribution in [-0.4, -0.2) is 37.1 Å². The fourth-order valence-corrected chi connectivity index (χ4v) is 2.73. The van der Waals surface area contributed by atoms with Crippen molar-refractivity contribution in [3.8, 4) is 5.75 Å². The van der Waals surface area contributed by atoms with Crippen molar-refractivity contribution in [3.05, 3.63) is 29.3 Å². The third-order valence-corrected chi connectivity index (χ3v) is 3.89. The highest BCUT2D eigenvalue weighted by molar-refractivity contribution is 7.13. The summed E-state index contributed by atoms with van der Waals surface area (Å²) >= 11 is 1.18. The largest absolute Gasteiger partial charge is 0.495 e. The van der Waals surface area contributed by atoms with Crippen molar-refractivity contribution in [1.29, 1.82) is 0 Å². The number of nitrogens with one attached hydrogen (secondary N) is 3. The average molecular weight is 378 g/mol. The topological polar surface area (TPSA) is 119 Å². The third-order valence-electron chi connectivity index (χ3n) is 3.08. The van der Waals surface area contributed by atoms with Gasteiger partial charge >= 0.3 is 6.09 Å². The van der Waals surface area contributed by atoms with Gasteiger partial charge in [-0.25, -0.2) is 9.78 Å². The Bertz CT molecular complexity index is 821. The molecule has 0 aliphatic heterocycles. The molecule has 0 aliphatic rings. The standard InChI is InChI=1S/C16H18N4O5S/c1-9(21)17-10-4-5-13(24-2)12(6-10)19-14(22)7-11-8-26-15(18-11)20-16(23)25-3/h4-6,8H,7H2,1-3H3,(H,17,21)(H,19,22)(H,18,20,23). The number of carbonyl (C=O) groups is 3. The third kappa shape index (κ3) is 5.45. The van der Waals surface area contributed by atoms with Crippen molar-refractivity contribution in [3.63, 3.8) is 0 Å². The Morgan fingerprint density at radius 3 is 2.58 bits per heavy atom. The van der Waals surface area contributed by atoms with Crippen molar-refractivity contribution in [2.24, 2.45) is 0 Å². The molecule has 9 nitrogen and oxygen atoms in total. The maximum Gasteiger partial charge on any atom is 0.413 e. The lowest BCUT2D eigenvalue weighted by Gasteiger charge is -2.12. The number of benzene rings is 1. The molecule has 0 bridgehead atoms. The van der Waals surface area contributed by atoms with E-state index in [-0.39, 0.29) is 18.2 Å². The lowest BCUT2D eigenvalue weighted by atomic mass is 10.2. The Morgan fingerprint density at radius 2 is 1.92 bits per heavy atom. The molecule has 2 aromatic rings. The molecule has 0 saturated carbocycles. The van der Waals surface area contributed by atoms with Crippen LogP contribution in [0.1, 0.15) is 12.6 Å². The van der Waals surface area contributed by atoms with Crippen LogP contribution in [0.25, 0.3) is 0 Å². The number of methoxy groups -OCH3 is 2. The number of thiazole rings is 1. The monoisotopic (exact) mass is 378 g/mol. The zero-order valence-corrected chi connectivity index (χ0v) is 15.2. The highest BCUT2D eigenvalue weighted by Gasteiger charge is 2.13. The van der Waals surface area contributed by atoms with E-state index < -0.39 is 6.09 Å². The smallest absolute Gasteiger partial charge is 0.413 e. The van der Waals surface area contributed by atoms with Crippen molar-refractivity contribution in [2.75, 3.05) is 30.2 Å². The highest BCUT2D eigenvalue weighted by atomic mass is 32.1. The molecular weight excluding hydrogens is 360 g/mol. The summed E-state index contributed by atoms with van der Waals surface area (Å²) in [7, 11) is 2.73. The average Bonchev–Trinajstić information content (AvgIpc) is 3.01. The summed E-state index contributed by atoms with van der Waals surface area (Å²) in [6, 6.07) is 4.91. The Labute approximate surface area is 153 Å². The molecule has 138 valence electrons. The number of carbonyl (C=O) groups excluding carboxylic acids is 3. The van der Waals surface area contributed by atoms with Crippen LogP contribution in [-0.2, 0) is 20.7 Å². The quantitative estimate of drug-likeness (QED) is 0.710. The molecule has 26 heavy (non-hydrogen) atoms. The van der Waals surface area contributed by atoms with Gasteiger partial charge in [0.05, 0.1) is 32.0 Å². The number of aromatic nitrogens is 1. The summed E-state index contributed by atoms with van der Waals surface area (Å²) in [5, 5.41) is 9.79. The molecule has 10 heteroatoms. The van der Waals surface area contributed by atoms with Crippen molar-refractivity contribution >= 4 is 45.8 Å². The van der Waals surface area contributed by atoms with E-state index in [1.165, 1.54) is 32.5 Å². The minimum atomic E-state index is -0.630. The van der Waals surface area contributed by atoms with Crippen LogP contribution in [0.15, 0.2) is 23.6 Å². The number of amides is 3. The number of hydrogen-bond donors (Lipinski definition) is 3. The maximum atomic E-state index is 12.3. The van der Waals surface area contributed by atoms with Gasteiger partial charge in [-0.2, -0.15) is 0 Å². The lowest BCUT2D eigenvalue weighted by Crippen LogP contribution is -2.16. The normalized spacial score (nSPS) is 9.96. The van der Waals surface area contributed by atoms with E-state index in [4.69, 9.17) is 4.74 Å². The molecular formula is C16H18N4O5S. The van der Waals surface area contributed by atoms with Crippen LogP contribution >= 0.6 is 11.3 Å². The van der Waals surface area contributed by atoms with E-state index >= 15 is 0 Å². The molecule has 0 radical (unpaired) electrons. The van der Waals surface area contributed by atoms with E-state index in [0.29, 0.717) is 27.9 Å². The van der Waals surface area contributed by atoms with E-state index in [9.17, 15) is 14.4 Å². The van der Waals surface area contributed by atoms with E-state index in [1.54, 1.807) is 23.6 Å². The minimum Gasteiger partial charge on any atom is -0.495 e. The number of hydrogen-bond acceptors (Lipinski definition) is 7. The molecule has 0 fully saturated rings. The van der Waals surface area contributed by atoms with Gasteiger partial charge in [-0.1, -0.05) is 0 Å². The summed E-state index contributed by atoms with van der Waals surface area (Å²) in [5.74, 6) is -0.0856. The first kappa shape index (κ1) is 19.2. The molecule has 0 atom stereocenters. The molecule has 0 aliphatic carbocycles. The molecule has 1 aromatic carbocycles. The van der Waals surface area contributed by atoms with Crippen LogP contribution in [0.3, 0.4) is 0 Å². The zero-order valence-electron chi connectivity index (χ0n) is 14.4. The van der Waals surface area contributed by atoms with Crippen LogP contribution in [0.4, 0.5) is 21.3 Å². The first-order valence-corrected chi connectivity index (χ1v) is 8.34. The maximum absolute atomic E-state index is 12.3. The van der Waals surface area contributed by atoms with Gasteiger partial charge in [-0.3, -0.25) is 14.9 Å². The van der Waals surface area contributed by atoms with Crippen molar-refractivity contribution in [1.82, 2.24) is 4.98 Å². The second-order valence-corrected chi connectivity index (χ2v) is 5.94. The summed E-state index contributed by atoms with van der Waals surface area (Å²) in [4.78, 5) is 38.7. The van der Waals surface area contributed by atoms with E-state index in [1.807, 2.05) is 0 Å². The Morgan fingerprint density at radius 1 is 1.15 bits per heavy atom. The van der Waals surface area contributed by atoms with E-state index in [0.717, 1.165) is 0 Å². The minimum absolute atomic E-state index is 0.00682. The molecule has 2 rings (SSSR count). The summed E-state index contributed by atoms with van der Waals surface area (Å²) in [6.07, 6.45) is -0.623. The van der Waals surface area contributed by atoms with Crippen LogP contribution in [0.5, 0.6) is 5.75 Å². The number of rotatable bonds is 6. The predicted molar refractivity (Wildman–Crippen MR) is 97.8 cm³/mol. The SMILES string of the molecule is COC(=O)Nc1nc(CC(=O)Nc2cc(NC(C)=O)ccc2OC)cs1. The summed E-state index contributed by atoms with van der Waals surface area (Å²) < 4.78 is 9.70. The van der Waals surface area contributed by atoms with Gasteiger partial charge in [0, 0.05) is 18.0 Å². The first-order chi connectivity index (χ1) is 12.4. The fraction of sp³-hybridized carbons (Fsp3) is 0.250. The van der Waals surface area contributed by atoms with Gasteiger partial charge in [0.1, 0.15) is 5.75 Å². The molecule has 0 spiro atoms. The van der Waals surface area contributed by atoms with Crippen molar-refractivity contribution in [2.45, 2.75) is 13.3 Å². The van der Waals surface area contributed by atoms with Gasteiger partial charge in [-0.05, 0) is 18.2 Å². The van der Waals surface area contributed by atoms with E-state index in [2.05, 4.69) is 25.7 Å². The molecule has 0 saturated heterocycles. The fourth-order valence-electron chi connectivity index (χ4n) is 2.03. The van der Waals surface area contributed by atoms with Gasteiger partial charge in [0.25, 0.3) is 0 Å². The molecule has 3 amide bonds. The van der Waals surface area contributed by atoms with Gasteiger partial charge in [0.15, 0.2) is 5.13 Å². The molecule has 0 unspecified atom stereocenters. The number of anilines is 3. The highest BCUT2D eigenvalue weighted by Crippen LogP contribution is 2.28. The van der Waals surface area contributed by atoms with Gasteiger partial charge in [-0.15, -0.1) is 11.3 Å². The number of ether oxygens (including phenoxy) is 2. The second kappa shape index (κ2) is 8.81. The Balaban J connectivity index is 2.05. The molecule has 1 heterocycles. The second-order valence-electron chi connectivity index (χ2n) is 5.08. The number of nitrogens with zero attached hydrogens (tertiary/aromatic N) is 1. The molecule has 1 aromatic heterocycles. The summed E-state index contributed by atoms with van der Waals surface area (Å²) in [5.41, 5.74) is 1.45. The predicted octanol–water partition coefficient (Wildman–Crippen LogP) is 2.47. The van der Waals surface area contributed by atoms with Crippen LogP contribution in [0, 0.1) is 0 Å². The van der Waals surface area contributed by atoms with Crippen LogP contribution < -0.4 is 20.7 Å². The molecule has 3 N–H and O–H groups in total. The lowest BCUT2D eigenvalue weighted by molar-refractivity contribution is -0.116. The van der Waals surface area contributed by atoms with Gasteiger partial charge < -0.3 is 20.1 Å². The van der Waals surface area contributed by atoms with Crippen LogP contribution in [0.2, 0.25) is 0 Å². The summed E-state index contributed by atoms with van der Waals surface area (Å²) in [6.45, 7) is 1.39. The van der Waals surface area contributed by atoms with Crippen molar-refractivity contribution < 1.29 is 23.9 Å². The zero-order chi connectivity index (χ0) is 19.1. The Hall–Kier alpha value is -3.14. The Kier molecular flexibility index (Phi) is 6.50. The van der Waals surface area contributed by atoms with Gasteiger partial charge in [0.2, 0.25) is 11.8 Å². The first-order valence-electron chi connectivity index (χ1n) is 7.46.